The highest BCUT2D eigenvalue weighted by Crippen LogP contribution is 2.28. The Morgan fingerprint density at radius 3 is 2.68 bits per heavy atom. The Kier molecular flexibility index (Phi) is 6.80. The lowest BCUT2D eigenvalue weighted by Gasteiger charge is -2.10. The minimum Gasteiger partial charge on any atom is -0.467 e. The normalized spacial score (nSPS) is 10.7. The summed E-state index contributed by atoms with van der Waals surface area (Å²) >= 11 is 2.81. The molecule has 0 bridgehead atoms. The predicted octanol–water partition coefficient (Wildman–Crippen LogP) is 3.77. The number of carbonyl (C=O) groups excluding carboxylic acids is 2. The summed E-state index contributed by atoms with van der Waals surface area (Å²) in [6, 6.07) is 16.8. The molecule has 0 radical (unpaired) electrons. The first-order chi connectivity index (χ1) is 15.2. The number of nitrogens with zero attached hydrogens (tertiary/aromatic N) is 3. The van der Waals surface area contributed by atoms with Gasteiger partial charge in [-0.15, -0.1) is 21.5 Å². The fourth-order valence-electron chi connectivity index (χ4n) is 2.81. The van der Waals surface area contributed by atoms with Gasteiger partial charge in [0.15, 0.2) is 11.0 Å². The molecular weight excluding hydrogens is 434 g/mol. The SMILES string of the molecule is O=C(CSc1nnc(-c2cccs2)n1Cc1ccccc1)NC(=O)NCc1ccco1. The van der Waals surface area contributed by atoms with Crippen LogP contribution in [0, 0.1) is 0 Å². The molecule has 0 spiro atoms. The van der Waals surface area contributed by atoms with Crippen molar-refractivity contribution in [3.05, 3.63) is 77.6 Å². The number of thioether (sulfide) groups is 1. The fraction of sp³-hybridized carbons (Fsp3) is 0.143. The van der Waals surface area contributed by atoms with E-state index in [-0.39, 0.29) is 12.3 Å². The van der Waals surface area contributed by atoms with Gasteiger partial charge in [0.2, 0.25) is 5.91 Å². The first-order valence-electron chi connectivity index (χ1n) is 9.43. The highest BCUT2D eigenvalue weighted by atomic mass is 32.2. The van der Waals surface area contributed by atoms with Crippen LogP contribution in [0.25, 0.3) is 10.7 Å². The maximum Gasteiger partial charge on any atom is 0.321 e. The van der Waals surface area contributed by atoms with E-state index in [0.717, 1.165) is 16.3 Å². The zero-order valence-corrected chi connectivity index (χ0v) is 18.0. The molecule has 10 heteroatoms. The number of benzene rings is 1. The molecule has 0 aliphatic carbocycles. The maximum absolute atomic E-state index is 12.2. The first-order valence-corrected chi connectivity index (χ1v) is 11.3. The lowest BCUT2D eigenvalue weighted by Crippen LogP contribution is -2.39. The molecule has 2 N–H and O–H groups in total. The van der Waals surface area contributed by atoms with Crippen molar-refractivity contribution in [1.82, 2.24) is 25.4 Å². The van der Waals surface area contributed by atoms with Crippen molar-refractivity contribution in [3.63, 3.8) is 0 Å². The monoisotopic (exact) mass is 453 g/mol. The molecule has 0 unspecified atom stereocenters. The molecule has 158 valence electrons. The third kappa shape index (κ3) is 5.62. The van der Waals surface area contributed by atoms with Gasteiger partial charge >= 0.3 is 6.03 Å². The van der Waals surface area contributed by atoms with Crippen LogP contribution in [0.3, 0.4) is 0 Å². The van der Waals surface area contributed by atoms with Crippen molar-refractivity contribution >= 4 is 35.0 Å². The quantitative estimate of drug-likeness (QED) is 0.394. The Morgan fingerprint density at radius 1 is 1.06 bits per heavy atom. The minimum atomic E-state index is -0.577. The molecular formula is C21H19N5O3S2. The van der Waals surface area contributed by atoms with Crippen molar-refractivity contribution in [2.24, 2.45) is 0 Å². The zero-order valence-electron chi connectivity index (χ0n) is 16.4. The average Bonchev–Trinajstić information content (AvgIpc) is 3.54. The number of furan rings is 1. The van der Waals surface area contributed by atoms with E-state index in [1.54, 1.807) is 23.5 Å². The Balaban J connectivity index is 1.39. The van der Waals surface area contributed by atoms with Gasteiger partial charge in [0.25, 0.3) is 0 Å². The van der Waals surface area contributed by atoms with Crippen LogP contribution in [0.1, 0.15) is 11.3 Å². The molecule has 3 amide bonds. The van der Waals surface area contributed by atoms with Gasteiger partial charge in [0.05, 0.1) is 30.0 Å². The minimum absolute atomic E-state index is 0.0333. The van der Waals surface area contributed by atoms with Gasteiger partial charge in [0, 0.05) is 0 Å². The van der Waals surface area contributed by atoms with Crippen molar-refractivity contribution in [1.29, 1.82) is 0 Å². The van der Waals surface area contributed by atoms with Gasteiger partial charge in [-0.05, 0) is 29.1 Å². The van der Waals surface area contributed by atoms with Crippen LogP contribution in [0.4, 0.5) is 4.79 Å². The summed E-state index contributed by atoms with van der Waals surface area (Å²) in [7, 11) is 0. The van der Waals surface area contributed by atoms with Gasteiger partial charge in [0.1, 0.15) is 5.76 Å². The number of hydrogen-bond acceptors (Lipinski definition) is 7. The summed E-state index contributed by atoms with van der Waals surface area (Å²) < 4.78 is 7.12. The molecule has 8 nitrogen and oxygen atoms in total. The van der Waals surface area contributed by atoms with Crippen molar-refractivity contribution in [2.75, 3.05) is 5.75 Å². The highest BCUT2D eigenvalue weighted by Gasteiger charge is 2.17. The average molecular weight is 454 g/mol. The van der Waals surface area contributed by atoms with Gasteiger partial charge in [-0.25, -0.2) is 4.79 Å². The molecule has 0 aliphatic heterocycles. The molecule has 1 aromatic carbocycles. The van der Waals surface area contributed by atoms with Crippen LogP contribution >= 0.6 is 23.1 Å². The van der Waals surface area contributed by atoms with Crippen LogP contribution < -0.4 is 10.6 Å². The first kappa shape index (κ1) is 20.9. The number of rotatable bonds is 8. The predicted molar refractivity (Wildman–Crippen MR) is 119 cm³/mol. The van der Waals surface area contributed by atoms with Crippen molar-refractivity contribution < 1.29 is 14.0 Å². The van der Waals surface area contributed by atoms with E-state index in [2.05, 4.69) is 20.8 Å². The Bertz CT molecular complexity index is 1130. The van der Waals surface area contributed by atoms with E-state index in [0.29, 0.717) is 17.5 Å². The molecule has 0 fully saturated rings. The number of imide groups is 1. The second-order valence-electron chi connectivity index (χ2n) is 6.45. The van der Waals surface area contributed by atoms with Gasteiger partial charge in [-0.1, -0.05) is 48.2 Å². The number of hydrogen-bond donors (Lipinski definition) is 2. The molecule has 4 rings (SSSR count). The highest BCUT2D eigenvalue weighted by molar-refractivity contribution is 7.99. The Morgan fingerprint density at radius 2 is 1.94 bits per heavy atom. The van der Waals surface area contributed by atoms with E-state index < -0.39 is 11.9 Å². The van der Waals surface area contributed by atoms with Crippen LogP contribution in [-0.2, 0) is 17.9 Å². The molecule has 31 heavy (non-hydrogen) atoms. The van der Waals surface area contributed by atoms with Crippen LogP contribution in [0.2, 0.25) is 0 Å². The fourth-order valence-corrected chi connectivity index (χ4v) is 4.26. The summed E-state index contributed by atoms with van der Waals surface area (Å²) in [6.07, 6.45) is 1.52. The molecule has 3 heterocycles. The number of nitrogens with one attached hydrogen (secondary N) is 2. The standard InChI is InChI=1S/C21H19N5O3S2/c27-18(23-20(28)22-12-16-8-4-10-29-16)14-31-21-25-24-19(17-9-5-11-30-17)26(21)13-15-6-2-1-3-7-15/h1-11H,12-14H2,(H2,22,23,27,28). The lowest BCUT2D eigenvalue weighted by atomic mass is 10.2. The molecule has 4 aromatic rings. The number of urea groups is 1. The van der Waals surface area contributed by atoms with Gasteiger partial charge in [-0.2, -0.15) is 0 Å². The van der Waals surface area contributed by atoms with E-state index in [9.17, 15) is 9.59 Å². The molecule has 3 aromatic heterocycles. The van der Waals surface area contributed by atoms with E-state index in [1.165, 1.54) is 18.0 Å². The number of aromatic nitrogens is 3. The second kappa shape index (κ2) is 10.1. The number of amides is 3. The summed E-state index contributed by atoms with van der Waals surface area (Å²) in [5, 5.41) is 16.1. The van der Waals surface area contributed by atoms with E-state index in [1.807, 2.05) is 52.4 Å². The van der Waals surface area contributed by atoms with Crippen LogP contribution in [-0.4, -0.2) is 32.5 Å². The number of carbonyl (C=O) groups is 2. The third-order valence-corrected chi connectivity index (χ3v) is 6.06. The van der Waals surface area contributed by atoms with Crippen molar-refractivity contribution in [2.45, 2.75) is 18.2 Å². The van der Waals surface area contributed by atoms with Crippen LogP contribution in [0.5, 0.6) is 0 Å². The van der Waals surface area contributed by atoms with E-state index in [4.69, 9.17) is 4.42 Å². The second-order valence-corrected chi connectivity index (χ2v) is 8.34. The maximum atomic E-state index is 12.2. The lowest BCUT2D eigenvalue weighted by molar-refractivity contribution is -0.117. The molecule has 0 saturated heterocycles. The number of thiophene rings is 1. The van der Waals surface area contributed by atoms with Gasteiger partial charge in [-0.3, -0.25) is 14.7 Å². The van der Waals surface area contributed by atoms with Gasteiger partial charge < -0.3 is 9.73 Å². The van der Waals surface area contributed by atoms with E-state index >= 15 is 0 Å². The zero-order chi connectivity index (χ0) is 21.5. The largest absolute Gasteiger partial charge is 0.467 e. The third-order valence-electron chi connectivity index (χ3n) is 4.23. The molecule has 0 aliphatic rings. The van der Waals surface area contributed by atoms with Crippen molar-refractivity contribution in [3.8, 4) is 10.7 Å². The van der Waals surface area contributed by atoms with Crippen LogP contribution in [0.15, 0.2) is 75.8 Å². The molecule has 0 atom stereocenters. The summed E-state index contributed by atoms with van der Waals surface area (Å²) in [5.74, 6) is 0.963. The topological polar surface area (TPSA) is 102 Å². The Labute approximate surface area is 186 Å². The molecule has 0 saturated carbocycles. The summed E-state index contributed by atoms with van der Waals surface area (Å²) in [6.45, 7) is 0.781. The Hall–Kier alpha value is -3.37. The smallest absolute Gasteiger partial charge is 0.321 e. The summed E-state index contributed by atoms with van der Waals surface area (Å²) in [4.78, 5) is 25.1. The summed E-state index contributed by atoms with van der Waals surface area (Å²) in [5.41, 5.74) is 1.10.